The van der Waals surface area contributed by atoms with Gasteiger partial charge in [-0.2, -0.15) is 0 Å². The van der Waals surface area contributed by atoms with Gasteiger partial charge in [0.1, 0.15) is 0 Å². The molecule has 0 spiro atoms. The Morgan fingerprint density at radius 1 is 1.04 bits per heavy atom. The number of allylic oxidation sites excluding steroid dienone is 3. The topological polar surface area (TPSA) is 52.1 Å². The zero-order chi connectivity index (χ0) is 17.9. The Hall–Kier alpha value is -2.75. The second kappa shape index (κ2) is 10.2. The van der Waals surface area contributed by atoms with Crippen molar-refractivity contribution >= 4 is 5.97 Å². The van der Waals surface area contributed by atoms with Gasteiger partial charge in [-0.05, 0) is 30.9 Å². The zero-order valence-corrected chi connectivity index (χ0v) is 14.8. The quantitative estimate of drug-likeness (QED) is 0.297. The summed E-state index contributed by atoms with van der Waals surface area (Å²) in [5.41, 5.74) is 3.28. The Morgan fingerprint density at radius 3 is 2.40 bits per heavy atom. The molecule has 1 heterocycles. The molecule has 0 aliphatic rings. The van der Waals surface area contributed by atoms with E-state index in [1.165, 1.54) is 30.9 Å². The number of aryl methyl sites for hydroxylation is 1. The SMILES string of the molecule is C/C=C/C=C/C(=O)Oc1ncc(-c2ccc(CCCCC)cc2)cn1. The Labute approximate surface area is 149 Å². The van der Waals surface area contributed by atoms with Crippen LogP contribution in [-0.4, -0.2) is 15.9 Å². The zero-order valence-electron chi connectivity index (χ0n) is 14.8. The van der Waals surface area contributed by atoms with Crippen molar-refractivity contribution in [1.82, 2.24) is 9.97 Å². The largest absolute Gasteiger partial charge is 0.388 e. The van der Waals surface area contributed by atoms with E-state index in [1.807, 2.05) is 13.0 Å². The second-order valence-corrected chi connectivity index (χ2v) is 5.71. The summed E-state index contributed by atoms with van der Waals surface area (Å²) in [5.74, 6) is -0.498. The normalized spacial score (nSPS) is 11.3. The molecule has 4 nitrogen and oxygen atoms in total. The van der Waals surface area contributed by atoms with E-state index < -0.39 is 5.97 Å². The number of carbonyl (C=O) groups excluding carboxylic acids is 1. The van der Waals surface area contributed by atoms with Gasteiger partial charge in [0.2, 0.25) is 0 Å². The van der Waals surface area contributed by atoms with E-state index in [-0.39, 0.29) is 6.01 Å². The molecule has 0 aliphatic carbocycles. The maximum Gasteiger partial charge on any atom is 0.338 e. The summed E-state index contributed by atoms with van der Waals surface area (Å²) in [6, 6.07) is 8.49. The van der Waals surface area contributed by atoms with Gasteiger partial charge in [0.05, 0.1) is 0 Å². The lowest BCUT2D eigenvalue weighted by molar-refractivity contribution is -0.129. The van der Waals surface area contributed by atoms with Crippen molar-refractivity contribution in [2.24, 2.45) is 0 Å². The summed E-state index contributed by atoms with van der Waals surface area (Å²) in [6.45, 7) is 4.08. The molecule has 0 fully saturated rings. The van der Waals surface area contributed by atoms with Crippen LogP contribution in [0.25, 0.3) is 11.1 Å². The number of ether oxygens (including phenoxy) is 1. The van der Waals surface area contributed by atoms with E-state index in [1.54, 1.807) is 24.5 Å². The van der Waals surface area contributed by atoms with Gasteiger partial charge in [0.25, 0.3) is 0 Å². The van der Waals surface area contributed by atoms with Gasteiger partial charge in [0.15, 0.2) is 0 Å². The monoisotopic (exact) mass is 336 g/mol. The van der Waals surface area contributed by atoms with Crippen LogP contribution < -0.4 is 4.74 Å². The number of rotatable bonds is 8. The maximum atomic E-state index is 11.6. The first-order chi connectivity index (χ1) is 12.2. The average molecular weight is 336 g/mol. The molecule has 25 heavy (non-hydrogen) atoms. The smallest absolute Gasteiger partial charge is 0.338 e. The lowest BCUT2D eigenvalue weighted by Crippen LogP contribution is -2.06. The van der Waals surface area contributed by atoms with Crippen LogP contribution in [0.15, 0.2) is 61.0 Å². The van der Waals surface area contributed by atoms with Crippen LogP contribution in [0.4, 0.5) is 0 Å². The highest BCUT2D eigenvalue weighted by Crippen LogP contribution is 2.20. The van der Waals surface area contributed by atoms with E-state index in [0.717, 1.165) is 17.5 Å². The Kier molecular flexibility index (Phi) is 7.57. The summed E-state index contributed by atoms with van der Waals surface area (Å²) in [5, 5.41) is 0. The van der Waals surface area contributed by atoms with Crippen molar-refractivity contribution in [3.63, 3.8) is 0 Å². The first kappa shape index (κ1) is 18.6. The molecule has 0 saturated carbocycles. The highest BCUT2D eigenvalue weighted by atomic mass is 16.5. The van der Waals surface area contributed by atoms with Crippen molar-refractivity contribution in [2.75, 3.05) is 0 Å². The van der Waals surface area contributed by atoms with Crippen molar-refractivity contribution in [3.8, 4) is 17.1 Å². The fraction of sp³-hybridized carbons (Fsp3) is 0.286. The predicted molar refractivity (Wildman–Crippen MR) is 100 cm³/mol. The third-order valence-corrected chi connectivity index (χ3v) is 3.71. The van der Waals surface area contributed by atoms with E-state index in [4.69, 9.17) is 4.74 Å². The van der Waals surface area contributed by atoms with Crippen molar-refractivity contribution in [2.45, 2.75) is 39.5 Å². The maximum absolute atomic E-state index is 11.6. The summed E-state index contributed by atoms with van der Waals surface area (Å²) in [7, 11) is 0. The molecule has 0 aliphatic heterocycles. The van der Waals surface area contributed by atoms with E-state index in [9.17, 15) is 4.79 Å². The molecular weight excluding hydrogens is 312 g/mol. The molecule has 1 aromatic heterocycles. The summed E-state index contributed by atoms with van der Waals surface area (Å²) in [4.78, 5) is 19.8. The first-order valence-corrected chi connectivity index (χ1v) is 8.65. The summed E-state index contributed by atoms with van der Waals surface area (Å²) in [6.07, 6.45) is 14.7. The Bertz CT molecular complexity index is 717. The van der Waals surface area contributed by atoms with Crippen LogP contribution in [0.5, 0.6) is 6.01 Å². The number of nitrogens with zero attached hydrogens (tertiary/aromatic N) is 2. The van der Waals surface area contributed by atoms with Crippen LogP contribution in [0.2, 0.25) is 0 Å². The first-order valence-electron chi connectivity index (χ1n) is 8.65. The Balaban J connectivity index is 1.96. The minimum atomic E-state index is -0.498. The summed E-state index contributed by atoms with van der Waals surface area (Å²) < 4.78 is 5.04. The number of unbranched alkanes of at least 4 members (excludes halogenated alkanes) is 2. The average Bonchev–Trinajstić information content (AvgIpc) is 2.63. The second-order valence-electron chi connectivity index (χ2n) is 5.71. The lowest BCUT2D eigenvalue weighted by atomic mass is 10.0. The van der Waals surface area contributed by atoms with Crippen molar-refractivity contribution < 1.29 is 9.53 Å². The number of esters is 1. The van der Waals surface area contributed by atoms with Gasteiger partial charge in [-0.15, -0.1) is 0 Å². The highest BCUT2D eigenvalue weighted by molar-refractivity contribution is 5.83. The fourth-order valence-electron chi connectivity index (χ4n) is 2.33. The van der Waals surface area contributed by atoms with Gasteiger partial charge >= 0.3 is 12.0 Å². The minimum absolute atomic E-state index is 0.0510. The van der Waals surface area contributed by atoms with Gasteiger partial charge in [-0.1, -0.05) is 62.3 Å². The molecule has 2 aromatic rings. The third-order valence-electron chi connectivity index (χ3n) is 3.71. The molecule has 0 saturated heterocycles. The molecule has 130 valence electrons. The molecule has 2 rings (SSSR count). The Morgan fingerprint density at radius 2 is 1.76 bits per heavy atom. The number of hydrogen-bond donors (Lipinski definition) is 0. The van der Waals surface area contributed by atoms with Crippen LogP contribution >= 0.6 is 0 Å². The molecule has 0 radical (unpaired) electrons. The van der Waals surface area contributed by atoms with Crippen LogP contribution in [0.3, 0.4) is 0 Å². The lowest BCUT2D eigenvalue weighted by Gasteiger charge is -2.05. The van der Waals surface area contributed by atoms with Crippen molar-refractivity contribution in [3.05, 3.63) is 66.5 Å². The van der Waals surface area contributed by atoms with E-state index in [0.29, 0.717) is 0 Å². The molecule has 0 bridgehead atoms. The predicted octanol–water partition coefficient (Wildman–Crippen LogP) is 4.91. The molecular formula is C21H24N2O2. The van der Waals surface area contributed by atoms with E-state index in [2.05, 4.69) is 41.2 Å². The third kappa shape index (κ3) is 6.34. The van der Waals surface area contributed by atoms with Gasteiger partial charge in [-0.3, -0.25) is 0 Å². The fourth-order valence-corrected chi connectivity index (χ4v) is 2.33. The number of benzene rings is 1. The number of carbonyl (C=O) groups is 1. The number of hydrogen-bond acceptors (Lipinski definition) is 4. The molecule has 4 heteroatoms. The van der Waals surface area contributed by atoms with Crippen LogP contribution in [0, 0.1) is 0 Å². The van der Waals surface area contributed by atoms with Crippen molar-refractivity contribution in [1.29, 1.82) is 0 Å². The molecule has 0 amide bonds. The van der Waals surface area contributed by atoms with Gasteiger partial charge in [0, 0.05) is 24.0 Å². The van der Waals surface area contributed by atoms with Crippen LogP contribution in [0.1, 0.15) is 38.7 Å². The minimum Gasteiger partial charge on any atom is -0.388 e. The molecule has 0 atom stereocenters. The number of aromatic nitrogens is 2. The molecule has 0 unspecified atom stereocenters. The molecule has 0 N–H and O–H groups in total. The standard InChI is InChI=1S/C21H24N2O2/c1-3-5-7-9-17-11-13-18(14-12-17)19-15-22-21(23-16-19)25-20(24)10-8-6-4-2/h4,6,8,10-16H,3,5,7,9H2,1-2H3/b6-4+,10-8+. The highest BCUT2D eigenvalue weighted by Gasteiger charge is 2.05. The van der Waals surface area contributed by atoms with Gasteiger partial charge < -0.3 is 4.74 Å². The van der Waals surface area contributed by atoms with E-state index >= 15 is 0 Å². The molecule has 1 aromatic carbocycles. The van der Waals surface area contributed by atoms with Crippen LogP contribution in [-0.2, 0) is 11.2 Å². The van der Waals surface area contributed by atoms with Gasteiger partial charge in [-0.25, -0.2) is 14.8 Å². The summed E-state index contributed by atoms with van der Waals surface area (Å²) >= 11 is 0.